The van der Waals surface area contributed by atoms with Crippen molar-refractivity contribution in [2.45, 2.75) is 0 Å². The second-order valence-corrected chi connectivity index (χ2v) is 6.96. The number of carboxylic acids is 1. The van der Waals surface area contributed by atoms with Crippen molar-refractivity contribution in [1.82, 2.24) is 14.8 Å². The van der Waals surface area contributed by atoms with E-state index in [1.165, 1.54) is 30.3 Å². The summed E-state index contributed by atoms with van der Waals surface area (Å²) in [6.45, 7) is 0. The summed E-state index contributed by atoms with van der Waals surface area (Å²) in [7, 11) is 0. The first-order valence-electron chi connectivity index (χ1n) is 9.87. The van der Waals surface area contributed by atoms with Gasteiger partial charge in [-0.2, -0.15) is 10.4 Å². The Morgan fingerprint density at radius 1 is 1.03 bits per heavy atom. The lowest BCUT2D eigenvalue weighted by Gasteiger charge is -2.05. The summed E-state index contributed by atoms with van der Waals surface area (Å²) in [4.78, 5) is 27.9. The van der Waals surface area contributed by atoms with Crippen LogP contribution in [0, 0.1) is 11.3 Å². The fourth-order valence-electron chi connectivity index (χ4n) is 3.13. The van der Waals surface area contributed by atoms with Crippen LogP contribution >= 0.6 is 0 Å². The third-order valence-electron chi connectivity index (χ3n) is 4.75. The molecule has 160 valence electrons. The number of hydrogen-bond donors (Lipinski definition) is 2. The molecule has 0 aliphatic heterocycles. The van der Waals surface area contributed by atoms with Crippen LogP contribution in [0.3, 0.4) is 0 Å². The molecule has 0 saturated carbocycles. The minimum atomic E-state index is -1.07. The number of carbonyl (C=O) groups excluding carboxylic acids is 1. The molecule has 0 unspecified atom stereocenters. The highest BCUT2D eigenvalue weighted by atomic mass is 16.4. The monoisotopic (exact) mass is 435 g/mol. The van der Waals surface area contributed by atoms with Crippen molar-refractivity contribution in [3.8, 4) is 23.0 Å². The Balaban J connectivity index is 1.69. The van der Waals surface area contributed by atoms with Gasteiger partial charge in [-0.3, -0.25) is 9.78 Å². The highest BCUT2D eigenvalue weighted by Gasteiger charge is 2.15. The number of rotatable bonds is 6. The third kappa shape index (κ3) is 4.84. The molecule has 8 heteroatoms. The summed E-state index contributed by atoms with van der Waals surface area (Å²) in [6.07, 6.45) is 6.52. The van der Waals surface area contributed by atoms with Gasteiger partial charge in [0.15, 0.2) is 0 Å². The number of carboxylic acid groups (broad SMARTS) is 1. The number of carbonyl (C=O) groups is 2. The first-order chi connectivity index (χ1) is 16.0. The number of nitrogens with zero attached hydrogens (tertiary/aromatic N) is 4. The molecule has 0 bridgehead atoms. The average molecular weight is 435 g/mol. The quantitative estimate of drug-likeness (QED) is 0.346. The highest BCUT2D eigenvalue weighted by Crippen LogP contribution is 2.25. The van der Waals surface area contributed by atoms with Crippen molar-refractivity contribution in [2.24, 2.45) is 0 Å². The van der Waals surface area contributed by atoms with E-state index in [2.05, 4.69) is 15.4 Å². The molecular formula is C25H17N5O3. The SMILES string of the molecule is N#CC(=Cc1cn(-c2ccccc2)nc1-c1cccnc1)C(=O)Nc1ccc(C(=O)O)cc1. The van der Waals surface area contributed by atoms with Gasteiger partial charge in [-0.25, -0.2) is 9.48 Å². The van der Waals surface area contributed by atoms with Gasteiger partial charge < -0.3 is 10.4 Å². The van der Waals surface area contributed by atoms with Gasteiger partial charge in [-0.1, -0.05) is 18.2 Å². The Bertz CT molecular complexity index is 1370. The molecule has 2 heterocycles. The summed E-state index contributed by atoms with van der Waals surface area (Å²) in [6, 6.07) is 20.7. The maximum Gasteiger partial charge on any atom is 0.335 e. The van der Waals surface area contributed by atoms with E-state index in [4.69, 9.17) is 5.11 Å². The number of hydrogen-bond acceptors (Lipinski definition) is 5. The minimum Gasteiger partial charge on any atom is -0.478 e. The number of nitriles is 1. The van der Waals surface area contributed by atoms with Crippen molar-refractivity contribution in [3.05, 3.63) is 102 Å². The minimum absolute atomic E-state index is 0.0958. The Morgan fingerprint density at radius 3 is 2.42 bits per heavy atom. The molecule has 4 aromatic rings. The van der Waals surface area contributed by atoms with Crippen LogP contribution in [-0.2, 0) is 4.79 Å². The second kappa shape index (κ2) is 9.41. The van der Waals surface area contributed by atoms with Crippen LogP contribution in [0.1, 0.15) is 15.9 Å². The number of aromatic nitrogens is 3. The number of nitrogens with one attached hydrogen (secondary N) is 1. The smallest absolute Gasteiger partial charge is 0.335 e. The molecule has 2 N–H and O–H groups in total. The number of aromatic carboxylic acids is 1. The summed E-state index contributed by atoms with van der Waals surface area (Å²) in [5.74, 6) is -1.69. The summed E-state index contributed by atoms with van der Waals surface area (Å²) in [5, 5.41) is 25.9. The standard InChI is InChI=1S/C25H17N5O3/c26-14-19(24(31)28-21-10-8-17(9-11-21)25(32)33)13-20-16-30(22-6-2-1-3-7-22)29-23(20)18-5-4-12-27-15-18/h1-13,15-16H,(H,28,31)(H,32,33). The molecule has 2 aromatic carbocycles. The topological polar surface area (TPSA) is 121 Å². The fraction of sp³-hybridized carbons (Fsp3) is 0. The molecule has 1 amide bonds. The normalized spacial score (nSPS) is 10.9. The van der Waals surface area contributed by atoms with E-state index in [1.54, 1.807) is 29.3 Å². The lowest BCUT2D eigenvalue weighted by Crippen LogP contribution is -2.13. The zero-order valence-corrected chi connectivity index (χ0v) is 17.2. The summed E-state index contributed by atoms with van der Waals surface area (Å²) < 4.78 is 1.67. The molecule has 4 rings (SSSR count). The van der Waals surface area contributed by atoms with E-state index >= 15 is 0 Å². The van der Waals surface area contributed by atoms with E-state index in [0.717, 1.165) is 11.3 Å². The fourth-order valence-corrected chi connectivity index (χ4v) is 3.13. The van der Waals surface area contributed by atoms with Crippen LogP contribution in [0.25, 0.3) is 23.0 Å². The summed E-state index contributed by atoms with van der Waals surface area (Å²) >= 11 is 0. The van der Waals surface area contributed by atoms with E-state index in [0.29, 0.717) is 16.9 Å². The molecule has 33 heavy (non-hydrogen) atoms. The molecule has 8 nitrogen and oxygen atoms in total. The molecule has 0 atom stereocenters. The Hall–Kier alpha value is -5.03. The van der Waals surface area contributed by atoms with Crippen molar-refractivity contribution in [2.75, 3.05) is 5.32 Å². The number of benzene rings is 2. The van der Waals surface area contributed by atoms with E-state index < -0.39 is 11.9 Å². The van der Waals surface area contributed by atoms with E-state index in [9.17, 15) is 14.9 Å². The lowest BCUT2D eigenvalue weighted by atomic mass is 10.1. The maximum absolute atomic E-state index is 12.7. The Kier molecular flexibility index (Phi) is 6.05. The molecule has 0 radical (unpaired) electrons. The Morgan fingerprint density at radius 2 is 1.79 bits per heavy atom. The van der Waals surface area contributed by atoms with Gasteiger partial charge in [-0.15, -0.1) is 0 Å². The number of pyridine rings is 1. The zero-order chi connectivity index (χ0) is 23.2. The van der Waals surface area contributed by atoms with Crippen molar-refractivity contribution >= 4 is 23.6 Å². The third-order valence-corrected chi connectivity index (χ3v) is 4.75. The van der Waals surface area contributed by atoms with Crippen LogP contribution in [0.15, 0.2) is 90.9 Å². The molecule has 2 aromatic heterocycles. The molecule has 0 fully saturated rings. The molecular weight excluding hydrogens is 418 g/mol. The van der Waals surface area contributed by atoms with Crippen LogP contribution < -0.4 is 5.32 Å². The number of para-hydroxylation sites is 1. The van der Waals surface area contributed by atoms with Crippen LogP contribution in [0.5, 0.6) is 0 Å². The zero-order valence-electron chi connectivity index (χ0n) is 17.2. The maximum atomic E-state index is 12.7. The molecule has 0 saturated heterocycles. The second-order valence-electron chi connectivity index (χ2n) is 6.96. The lowest BCUT2D eigenvalue weighted by molar-refractivity contribution is -0.112. The van der Waals surface area contributed by atoms with Gasteiger partial charge in [0.25, 0.3) is 5.91 Å². The first kappa shape index (κ1) is 21.2. The molecule has 0 aliphatic rings. The van der Waals surface area contributed by atoms with Crippen molar-refractivity contribution in [1.29, 1.82) is 5.26 Å². The van der Waals surface area contributed by atoms with Gasteiger partial charge in [0.05, 0.1) is 11.3 Å². The van der Waals surface area contributed by atoms with Gasteiger partial charge >= 0.3 is 5.97 Å². The van der Waals surface area contributed by atoms with Gasteiger partial charge in [0, 0.05) is 35.4 Å². The molecule has 0 spiro atoms. The summed E-state index contributed by atoms with van der Waals surface area (Å²) in [5.41, 5.74) is 3.04. The average Bonchev–Trinajstić information content (AvgIpc) is 3.28. The molecule has 0 aliphatic carbocycles. The largest absolute Gasteiger partial charge is 0.478 e. The van der Waals surface area contributed by atoms with Crippen LogP contribution in [0.2, 0.25) is 0 Å². The highest BCUT2D eigenvalue weighted by molar-refractivity contribution is 6.10. The predicted molar refractivity (Wildman–Crippen MR) is 122 cm³/mol. The van der Waals surface area contributed by atoms with Gasteiger partial charge in [0.1, 0.15) is 17.3 Å². The van der Waals surface area contributed by atoms with E-state index in [-0.39, 0.29) is 11.1 Å². The van der Waals surface area contributed by atoms with Crippen LogP contribution in [-0.4, -0.2) is 31.7 Å². The Labute approximate surface area is 189 Å². The van der Waals surface area contributed by atoms with Crippen LogP contribution in [0.4, 0.5) is 5.69 Å². The number of amides is 1. The first-order valence-corrected chi connectivity index (χ1v) is 9.87. The predicted octanol–water partition coefficient (Wildman–Crippen LogP) is 4.18. The van der Waals surface area contributed by atoms with Crippen molar-refractivity contribution < 1.29 is 14.7 Å². The number of anilines is 1. The van der Waals surface area contributed by atoms with E-state index in [1.807, 2.05) is 42.5 Å². The van der Waals surface area contributed by atoms with Crippen molar-refractivity contribution in [3.63, 3.8) is 0 Å². The van der Waals surface area contributed by atoms with Gasteiger partial charge in [-0.05, 0) is 54.6 Å². The van der Waals surface area contributed by atoms with Gasteiger partial charge in [0.2, 0.25) is 0 Å².